The van der Waals surface area contributed by atoms with E-state index in [0.29, 0.717) is 13.2 Å². The SMILES string of the molecule is CC(C)OC1CC2(CCC1N)OCCO2. The maximum Gasteiger partial charge on any atom is 0.171 e. The Morgan fingerprint density at radius 2 is 2.00 bits per heavy atom. The van der Waals surface area contributed by atoms with Gasteiger partial charge in [-0.3, -0.25) is 0 Å². The van der Waals surface area contributed by atoms with Gasteiger partial charge in [-0.05, 0) is 20.3 Å². The summed E-state index contributed by atoms with van der Waals surface area (Å²) in [5, 5.41) is 0. The highest BCUT2D eigenvalue weighted by molar-refractivity contribution is 4.91. The summed E-state index contributed by atoms with van der Waals surface area (Å²) >= 11 is 0. The third kappa shape index (κ3) is 2.50. The summed E-state index contributed by atoms with van der Waals surface area (Å²) in [6.07, 6.45) is 2.85. The zero-order valence-electron chi connectivity index (χ0n) is 9.57. The third-order valence-electron chi connectivity index (χ3n) is 3.11. The summed E-state index contributed by atoms with van der Waals surface area (Å²) in [6.45, 7) is 5.46. The molecule has 2 unspecified atom stereocenters. The number of nitrogens with two attached hydrogens (primary N) is 1. The molecule has 0 bridgehead atoms. The Bertz CT molecular complexity index is 214. The van der Waals surface area contributed by atoms with Crippen molar-refractivity contribution in [3.05, 3.63) is 0 Å². The predicted molar refractivity (Wildman–Crippen MR) is 56.5 cm³/mol. The molecule has 0 aromatic rings. The van der Waals surface area contributed by atoms with Crippen LogP contribution in [-0.2, 0) is 14.2 Å². The minimum absolute atomic E-state index is 0.0665. The Morgan fingerprint density at radius 1 is 1.33 bits per heavy atom. The van der Waals surface area contributed by atoms with Crippen molar-refractivity contribution in [1.29, 1.82) is 0 Å². The van der Waals surface area contributed by atoms with E-state index in [1.165, 1.54) is 0 Å². The third-order valence-corrected chi connectivity index (χ3v) is 3.11. The van der Waals surface area contributed by atoms with Crippen molar-refractivity contribution in [1.82, 2.24) is 0 Å². The molecule has 0 amide bonds. The quantitative estimate of drug-likeness (QED) is 0.747. The van der Waals surface area contributed by atoms with Crippen molar-refractivity contribution in [3.8, 4) is 0 Å². The van der Waals surface area contributed by atoms with Crippen LogP contribution in [0, 0.1) is 0 Å². The van der Waals surface area contributed by atoms with Gasteiger partial charge in [-0.2, -0.15) is 0 Å². The largest absolute Gasteiger partial charge is 0.374 e. The van der Waals surface area contributed by atoms with E-state index in [9.17, 15) is 0 Å². The molecule has 1 aliphatic carbocycles. The molecule has 1 aliphatic heterocycles. The van der Waals surface area contributed by atoms with Gasteiger partial charge in [0.05, 0.1) is 25.4 Å². The lowest BCUT2D eigenvalue weighted by Gasteiger charge is -2.40. The number of hydrogen-bond donors (Lipinski definition) is 1. The van der Waals surface area contributed by atoms with Gasteiger partial charge >= 0.3 is 0 Å². The molecule has 2 atom stereocenters. The Labute approximate surface area is 91.1 Å². The van der Waals surface area contributed by atoms with Crippen LogP contribution in [0.4, 0.5) is 0 Å². The number of rotatable bonds is 2. The summed E-state index contributed by atoms with van der Waals surface area (Å²) in [6, 6.07) is 0.117. The zero-order valence-corrected chi connectivity index (χ0v) is 9.57. The second-order valence-corrected chi connectivity index (χ2v) is 4.74. The molecule has 0 aromatic heterocycles. The fourth-order valence-electron chi connectivity index (χ4n) is 2.39. The Kier molecular flexibility index (Phi) is 3.30. The minimum Gasteiger partial charge on any atom is -0.374 e. The van der Waals surface area contributed by atoms with E-state index >= 15 is 0 Å². The lowest BCUT2D eigenvalue weighted by molar-refractivity contribution is -0.208. The molecule has 1 saturated heterocycles. The molecule has 2 N–H and O–H groups in total. The van der Waals surface area contributed by atoms with Gasteiger partial charge in [0.1, 0.15) is 0 Å². The summed E-state index contributed by atoms with van der Waals surface area (Å²) in [4.78, 5) is 0. The molecule has 2 aliphatic rings. The highest BCUT2D eigenvalue weighted by atomic mass is 16.7. The van der Waals surface area contributed by atoms with Gasteiger partial charge in [0.2, 0.25) is 0 Å². The van der Waals surface area contributed by atoms with Crippen LogP contribution in [0.3, 0.4) is 0 Å². The maximum atomic E-state index is 6.04. The summed E-state index contributed by atoms with van der Waals surface area (Å²) in [5.74, 6) is -0.393. The number of ether oxygens (including phenoxy) is 3. The van der Waals surface area contributed by atoms with E-state index in [0.717, 1.165) is 19.3 Å². The van der Waals surface area contributed by atoms with Crippen LogP contribution in [0.25, 0.3) is 0 Å². The van der Waals surface area contributed by atoms with Gasteiger partial charge in [-0.1, -0.05) is 0 Å². The smallest absolute Gasteiger partial charge is 0.171 e. The molecular formula is C11H21NO3. The van der Waals surface area contributed by atoms with Crippen LogP contribution in [0.2, 0.25) is 0 Å². The second kappa shape index (κ2) is 4.37. The van der Waals surface area contributed by atoms with E-state index in [1.54, 1.807) is 0 Å². The van der Waals surface area contributed by atoms with Gasteiger partial charge < -0.3 is 19.9 Å². The Balaban J connectivity index is 1.97. The van der Waals surface area contributed by atoms with Crippen molar-refractivity contribution < 1.29 is 14.2 Å². The summed E-state index contributed by atoms with van der Waals surface area (Å²) in [7, 11) is 0. The molecule has 4 nitrogen and oxygen atoms in total. The lowest BCUT2D eigenvalue weighted by atomic mass is 9.88. The van der Waals surface area contributed by atoms with E-state index in [2.05, 4.69) is 0 Å². The van der Waals surface area contributed by atoms with Crippen molar-refractivity contribution in [2.45, 2.75) is 57.1 Å². The average molecular weight is 215 g/mol. The molecule has 0 radical (unpaired) electrons. The van der Waals surface area contributed by atoms with Gasteiger partial charge in [0.25, 0.3) is 0 Å². The topological polar surface area (TPSA) is 53.7 Å². The highest BCUT2D eigenvalue weighted by Gasteiger charge is 2.44. The van der Waals surface area contributed by atoms with E-state index in [4.69, 9.17) is 19.9 Å². The Morgan fingerprint density at radius 3 is 2.60 bits per heavy atom. The first-order valence-electron chi connectivity index (χ1n) is 5.80. The molecule has 1 saturated carbocycles. The summed E-state index contributed by atoms with van der Waals surface area (Å²) < 4.78 is 17.2. The minimum atomic E-state index is -0.393. The molecule has 15 heavy (non-hydrogen) atoms. The van der Waals surface area contributed by atoms with Crippen LogP contribution in [0.5, 0.6) is 0 Å². The fraction of sp³-hybridized carbons (Fsp3) is 1.00. The van der Waals surface area contributed by atoms with Crippen LogP contribution in [0.15, 0.2) is 0 Å². The predicted octanol–water partition coefficient (Wildman–Crippen LogP) is 1.03. The fourth-order valence-corrected chi connectivity index (χ4v) is 2.39. The van der Waals surface area contributed by atoms with Crippen molar-refractivity contribution in [3.63, 3.8) is 0 Å². The van der Waals surface area contributed by atoms with Crippen LogP contribution in [0.1, 0.15) is 33.1 Å². The van der Waals surface area contributed by atoms with Gasteiger partial charge in [-0.15, -0.1) is 0 Å². The molecule has 2 rings (SSSR count). The standard InChI is InChI=1S/C11H21NO3/c1-8(2)15-10-7-11(4-3-9(10)12)13-5-6-14-11/h8-10H,3-7,12H2,1-2H3. The van der Waals surface area contributed by atoms with Crippen LogP contribution < -0.4 is 5.73 Å². The average Bonchev–Trinajstić information content (AvgIpc) is 2.60. The first-order valence-corrected chi connectivity index (χ1v) is 5.80. The Hall–Kier alpha value is -0.160. The molecule has 88 valence electrons. The van der Waals surface area contributed by atoms with Gasteiger partial charge in [-0.25, -0.2) is 0 Å². The molecule has 0 aromatic carbocycles. The van der Waals surface area contributed by atoms with Gasteiger partial charge in [0, 0.05) is 18.9 Å². The van der Waals surface area contributed by atoms with E-state index in [-0.39, 0.29) is 18.2 Å². The maximum absolute atomic E-state index is 6.04. The first-order chi connectivity index (χ1) is 7.11. The molecular weight excluding hydrogens is 194 g/mol. The molecule has 4 heteroatoms. The second-order valence-electron chi connectivity index (χ2n) is 4.74. The van der Waals surface area contributed by atoms with Crippen molar-refractivity contribution >= 4 is 0 Å². The van der Waals surface area contributed by atoms with Gasteiger partial charge in [0.15, 0.2) is 5.79 Å². The monoisotopic (exact) mass is 215 g/mol. The molecule has 1 heterocycles. The number of hydrogen-bond acceptors (Lipinski definition) is 4. The van der Waals surface area contributed by atoms with E-state index in [1.807, 2.05) is 13.8 Å². The summed E-state index contributed by atoms with van der Waals surface area (Å²) in [5.41, 5.74) is 6.04. The first kappa shape index (κ1) is 11.3. The van der Waals surface area contributed by atoms with Crippen molar-refractivity contribution in [2.24, 2.45) is 5.73 Å². The molecule has 1 spiro atoms. The zero-order chi connectivity index (χ0) is 10.9. The highest BCUT2D eigenvalue weighted by Crippen LogP contribution is 2.36. The molecule has 2 fully saturated rings. The normalized spacial score (nSPS) is 35.2. The van der Waals surface area contributed by atoms with Crippen LogP contribution >= 0.6 is 0 Å². The van der Waals surface area contributed by atoms with Crippen molar-refractivity contribution in [2.75, 3.05) is 13.2 Å². The lowest BCUT2D eigenvalue weighted by Crippen LogP contribution is -2.50. The van der Waals surface area contributed by atoms with Crippen LogP contribution in [-0.4, -0.2) is 37.3 Å². The van der Waals surface area contributed by atoms with E-state index < -0.39 is 5.79 Å².